The number of hydrogen-bond acceptors (Lipinski definition) is 3. The van der Waals surface area contributed by atoms with Gasteiger partial charge in [0.2, 0.25) is 0 Å². The van der Waals surface area contributed by atoms with Crippen LogP contribution < -0.4 is 0 Å². The van der Waals surface area contributed by atoms with Crippen LogP contribution in [0.5, 0.6) is 0 Å². The molecule has 3 rings (SSSR count). The Labute approximate surface area is 143 Å². The van der Waals surface area contributed by atoms with Crippen molar-refractivity contribution in [3.8, 4) is 0 Å². The first-order valence-electron chi connectivity index (χ1n) is 7.54. The zero-order chi connectivity index (χ0) is 17.1. The fourth-order valence-corrected chi connectivity index (χ4v) is 3.46. The second kappa shape index (κ2) is 7.13. The number of aryl methyl sites for hydroxylation is 1. The van der Waals surface area contributed by atoms with Gasteiger partial charge < -0.3 is 0 Å². The topological polar surface area (TPSA) is 32.7 Å². The van der Waals surface area contributed by atoms with Crippen LogP contribution in [0.1, 0.15) is 21.5 Å². The van der Waals surface area contributed by atoms with Crippen LogP contribution in [-0.4, -0.2) is 29.1 Å². The van der Waals surface area contributed by atoms with Gasteiger partial charge in [-0.2, -0.15) is 0 Å². The molecule has 0 bridgehead atoms. The number of nitrogens with zero attached hydrogens (tertiary/aromatic N) is 2. The maximum Gasteiger partial charge on any atom is 0.259 e. The third kappa shape index (κ3) is 3.64. The molecule has 1 amide bonds. The van der Waals surface area contributed by atoms with Crippen LogP contribution in [0.15, 0.2) is 47.5 Å². The monoisotopic (exact) mass is 346 g/mol. The molecular weight excluding hydrogens is 330 g/mol. The molecule has 0 aliphatic carbocycles. The summed E-state index contributed by atoms with van der Waals surface area (Å²) in [5.74, 6) is -1.65. The van der Waals surface area contributed by atoms with Crippen LogP contribution in [0.25, 0.3) is 0 Å². The highest BCUT2D eigenvalue weighted by molar-refractivity contribution is 8.13. The second-order valence-corrected chi connectivity index (χ2v) is 6.47. The van der Waals surface area contributed by atoms with Gasteiger partial charge in [0, 0.05) is 17.9 Å². The molecule has 1 aliphatic rings. The number of thioether (sulfide) groups is 1. The lowest BCUT2D eigenvalue weighted by Crippen LogP contribution is -2.33. The van der Waals surface area contributed by atoms with Gasteiger partial charge in [0.05, 0.1) is 6.54 Å². The van der Waals surface area contributed by atoms with Crippen molar-refractivity contribution in [2.45, 2.75) is 12.7 Å². The van der Waals surface area contributed by atoms with Crippen LogP contribution >= 0.6 is 11.8 Å². The predicted molar refractivity (Wildman–Crippen MR) is 92.2 cm³/mol. The van der Waals surface area contributed by atoms with Gasteiger partial charge in [0.25, 0.3) is 5.91 Å². The van der Waals surface area contributed by atoms with Gasteiger partial charge in [-0.15, -0.1) is 0 Å². The Morgan fingerprint density at radius 2 is 2.04 bits per heavy atom. The third-order valence-electron chi connectivity index (χ3n) is 3.66. The number of amidine groups is 1. The Bertz CT molecular complexity index is 807. The first kappa shape index (κ1) is 16.6. The van der Waals surface area contributed by atoms with Crippen LogP contribution in [0.3, 0.4) is 0 Å². The molecule has 0 N–H and O–H groups in total. The maximum absolute atomic E-state index is 13.3. The number of amides is 1. The number of benzene rings is 2. The summed E-state index contributed by atoms with van der Waals surface area (Å²) in [5, 5.41) is 0.617. The molecule has 2 aromatic carbocycles. The van der Waals surface area contributed by atoms with E-state index in [1.54, 1.807) is 0 Å². The van der Waals surface area contributed by atoms with E-state index < -0.39 is 11.6 Å². The lowest BCUT2D eigenvalue weighted by molar-refractivity contribution is 0.0860. The SMILES string of the molecule is Cc1cccc(CSC2=NCCN2C(=O)c2ccc(F)c(F)c2)c1. The molecule has 6 heteroatoms. The van der Waals surface area contributed by atoms with Gasteiger partial charge in [-0.3, -0.25) is 14.7 Å². The smallest absolute Gasteiger partial charge is 0.259 e. The van der Waals surface area contributed by atoms with E-state index in [4.69, 9.17) is 0 Å². The molecule has 2 aromatic rings. The van der Waals surface area contributed by atoms with E-state index in [0.29, 0.717) is 24.0 Å². The van der Waals surface area contributed by atoms with Crippen molar-refractivity contribution in [2.75, 3.05) is 13.1 Å². The van der Waals surface area contributed by atoms with Crippen molar-refractivity contribution in [3.05, 3.63) is 70.8 Å². The zero-order valence-electron chi connectivity index (χ0n) is 13.1. The molecule has 0 unspecified atom stereocenters. The highest BCUT2D eigenvalue weighted by Gasteiger charge is 2.25. The van der Waals surface area contributed by atoms with Crippen LogP contribution in [0, 0.1) is 18.6 Å². The Hall–Kier alpha value is -2.21. The minimum Gasteiger partial charge on any atom is -0.286 e. The second-order valence-electron chi connectivity index (χ2n) is 5.53. The summed E-state index contributed by atoms with van der Waals surface area (Å²) >= 11 is 1.47. The molecule has 124 valence electrons. The first-order valence-corrected chi connectivity index (χ1v) is 8.53. The first-order chi connectivity index (χ1) is 11.5. The minimum atomic E-state index is -1.02. The Morgan fingerprint density at radius 1 is 1.21 bits per heavy atom. The molecule has 0 saturated carbocycles. The van der Waals surface area contributed by atoms with Gasteiger partial charge in [-0.05, 0) is 30.7 Å². The Morgan fingerprint density at radius 3 is 2.79 bits per heavy atom. The molecule has 0 fully saturated rings. The largest absolute Gasteiger partial charge is 0.286 e. The van der Waals surface area contributed by atoms with Gasteiger partial charge in [-0.1, -0.05) is 41.6 Å². The standard InChI is InChI=1S/C18H16F2N2OS/c1-12-3-2-4-13(9-12)11-24-18-21-7-8-22(18)17(23)14-5-6-15(19)16(20)10-14/h2-6,9-10H,7-8,11H2,1H3. The van der Waals surface area contributed by atoms with E-state index in [9.17, 15) is 13.6 Å². The van der Waals surface area contributed by atoms with Crippen LogP contribution in [0.2, 0.25) is 0 Å². The zero-order valence-corrected chi connectivity index (χ0v) is 13.9. The number of halogens is 2. The molecule has 0 aromatic heterocycles. The Kier molecular flexibility index (Phi) is 4.94. The molecule has 3 nitrogen and oxygen atoms in total. The van der Waals surface area contributed by atoms with Crippen molar-refractivity contribution in [2.24, 2.45) is 4.99 Å². The predicted octanol–water partition coefficient (Wildman–Crippen LogP) is 4.02. The summed E-state index contributed by atoms with van der Waals surface area (Å²) < 4.78 is 26.4. The van der Waals surface area contributed by atoms with E-state index in [2.05, 4.69) is 11.1 Å². The average molecular weight is 346 g/mol. The molecular formula is C18H16F2N2OS. The van der Waals surface area contributed by atoms with Crippen molar-refractivity contribution in [1.29, 1.82) is 0 Å². The highest BCUT2D eigenvalue weighted by atomic mass is 32.2. The number of carbonyl (C=O) groups is 1. The fourth-order valence-electron chi connectivity index (χ4n) is 2.47. The summed E-state index contributed by atoms with van der Waals surface area (Å²) in [6, 6.07) is 11.3. The summed E-state index contributed by atoms with van der Waals surface area (Å²) in [4.78, 5) is 18.4. The molecule has 0 saturated heterocycles. The van der Waals surface area contributed by atoms with Crippen LogP contribution in [-0.2, 0) is 5.75 Å². The van der Waals surface area contributed by atoms with E-state index in [0.717, 1.165) is 17.7 Å². The van der Waals surface area contributed by atoms with E-state index in [-0.39, 0.29) is 11.5 Å². The summed E-state index contributed by atoms with van der Waals surface area (Å²) in [7, 11) is 0. The van der Waals surface area contributed by atoms with Crippen molar-refractivity contribution < 1.29 is 13.6 Å². The van der Waals surface area contributed by atoms with E-state index in [1.807, 2.05) is 25.1 Å². The van der Waals surface area contributed by atoms with E-state index >= 15 is 0 Å². The number of carbonyl (C=O) groups excluding carboxylic acids is 1. The van der Waals surface area contributed by atoms with Gasteiger partial charge in [0.15, 0.2) is 16.8 Å². The quantitative estimate of drug-likeness (QED) is 0.841. The lowest BCUT2D eigenvalue weighted by Gasteiger charge is -2.18. The number of hydrogen-bond donors (Lipinski definition) is 0. The average Bonchev–Trinajstić information content (AvgIpc) is 3.03. The molecule has 0 atom stereocenters. The maximum atomic E-state index is 13.3. The molecule has 1 aliphatic heterocycles. The van der Waals surface area contributed by atoms with Crippen molar-refractivity contribution in [3.63, 3.8) is 0 Å². The molecule has 24 heavy (non-hydrogen) atoms. The van der Waals surface area contributed by atoms with Gasteiger partial charge in [-0.25, -0.2) is 8.78 Å². The summed E-state index contributed by atoms with van der Waals surface area (Å²) in [6.07, 6.45) is 0. The minimum absolute atomic E-state index is 0.125. The van der Waals surface area contributed by atoms with Crippen LogP contribution in [0.4, 0.5) is 8.78 Å². The van der Waals surface area contributed by atoms with Gasteiger partial charge >= 0.3 is 0 Å². The normalized spacial score (nSPS) is 14.0. The molecule has 1 heterocycles. The molecule has 0 spiro atoms. The van der Waals surface area contributed by atoms with E-state index in [1.165, 1.54) is 28.3 Å². The summed E-state index contributed by atoms with van der Waals surface area (Å²) in [6.45, 7) is 3.00. The number of rotatable bonds is 3. The van der Waals surface area contributed by atoms with Gasteiger partial charge in [0.1, 0.15) is 0 Å². The number of aliphatic imine (C=N–C) groups is 1. The lowest BCUT2D eigenvalue weighted by atomic mass is 10.2. The fraction of sp³-hybridized carbons (Fsp3) is 0.222. The highest BCUT2D eigenvalue weighted by Crippen LogP contribution is 2.22. The Balaban J connectivity index is 1.70. The molecule has 0 radical (unpaired) electrons. The van der Waals surface area contributed by atoms with Crippen molar-refractivity contribution in [1.82, 2.24) is 4.90 Å². The van der Waals surface area contributed by atoms with Crippen molar-refractivity contribution >= 4 is 22.8 Å². The summed E-state index contributed by atoms with van der Waals surface area (Å²) in [5.41, 5.74) is 2.45. The third-order valence-corrected chi connectivity index (χ3v) is 4.75.